The quantitative estimate of drug-likeness (QED) is 0.739. The first-order valence-corrected chi connectivity index (χ1v) is 8.67. The highest BCUT2D eigenvalue weighted by atomic mass is 16.5. The van der Waals surface area contributed by atoms with Crippen LogP contribution in [-0.2, 0) is 6.42 Å². The van der Waals surface area contributed by atoms with Gasteiger partial charge in [-0.3, -0.25) is 9.88 Å². The molecule has 2 atom stereocenters. The largest absolute Gasteiger partial charge is 0.472 e. The van der Waals surface area contributed by atoms with Gasteiger partial charge >= 0.3 is 0 Å². The number of pyridine rings is 1. The van der Waals surface area contributed by atoms with Gasteiger partial charge in [0.05, 0.1) is 5.52 Å². The molecule has 3 heteroatoms. The summed E-state index contributed by atoms with van der Waals surface area (Å²) in [6.45, 7) is 2.42. The van der Waals surface area contributed by atoms with E-state index in [1.165, 1.54) is 56.1 Å². The Morgan fingerprint density at radius 1 is 1.14 bits per heavy atom. The normalized spacial score (nSPS) is 31.0. The molecule has 3 nitrogen and oxygen atoms in total. The molecule has 2 fully saturated rings. The van der Waals surface area contributed by atoms with Crippen LogP contribution in [0.15, 0.2) is 30.5 Å². The van der Waals surface area contributed by atoms with E-state index >= 15 is 0 Å². The van der Waals surface area contributed by atoms with E-state index in [1.54, 1.807) is 0 Å². The second-order valence-corrected chi connectivity index (χ2v) is 7.05. The lowest BCUT2D eigenvalue weighted by Gasteiger charge is -2.56. The number of rotatable bonds is 0. The first-order valence-electron chi connectivity index (χ1n) is 8.67. The second-order valence-electron chi connectivity index (χ2n) is 7.05. The van der Waals surface area contributed by atoms with Crippen molar-refractivity contribution in [1.29, 1.82) is 0 Å². The van der Waals surface area contributed by atoms with Crippen LogP contribution in [0.4, 0.5) is 0 Å². The third-order valence-corrected chi connectivity index (χ3v) is 5.96. The first kappa shape index (κ1) is 12.9. The van der Waals surface area contributed by atoms with Crippen molar-refractivity contribution < 1.29 is 4.74 Å². The molecule has 1 spiro atoms. The minimum atomic E-state index is -0.0145. The zero-order chi connectivity index (χ0) is 14.6. The van der Waals surface area contributed by atoms with Gasteiger partial charge in [0.2, 0.25) is 0 Å². The maximum absolute atomic E-state index is 6.73. The van der Waals surface area contributed by atoms with Crippen LogP contribution >= 0.6 is 0 Å². The van der Waals surface area contributed by atoms with Crippen molar-refractivity contribution >= 4 is 10.9 Å². The molecule has 0 aliphatic carbocycles. The Hall–Kier alpha value is -1.61. The monoisotopic (exact) mass is 294 g/mol. The van der Waals surface area contributed by atoms with Gasteiger partial charge in [0.15, 0.2) is 5.72 Å². The maximum atomic E-state index is 6.73. The lowest BCUT2D eigenvalue weighted by molar-refractivity contribution is -0.177. The summed E-state index contributed by atoms with van der Waals surface area (Å²) in [5, 5.41) is 1.28. The van der Waals surface area contributed by atoms with Gasteiger partial charge in [-0.1, -0.05) is 6.07 Å². The smallest absolute Gasteiger partial charge is 0.166 e. The molecule has 0 amide bonds. The van der Waals surface area contributed by atoms with Crippen LogP contribution in [-0.4, -0.2) is 28.7 Å². The van der Waals surface area contributed by atoms with Crippen molar-refractivity contribution in [2.45, 2.75) is 44.2 Å². The molecule has 2 aromatic rings. The minimum absolute atomic E-state index is 0.0145. The van der Waals surface area contributed by atoms with Crippen molar-refractivity contribution in [2.24, 2.45) is 5.92 Å². The molecule has 22 heavy (non-hydrogen) atoms. The molecule has 114 valence electrons. The molecule has 0 saturated carbocycles. The molecule has 3 aliphatic rings. The zero-order valence-electron chi connectivity index (χ0n) is 12.9. The van der Waals surface area contributed by atoms with Crippen LogP contribution in [0.5, 0.6) is 5.75 Å². The number of piperidine rings is 2. The van der Waals surface area contributed by atoms with E-state index in [0.29, 0.717) is 5.92 Å². The Morgan fingerprint density at radius 2 is 2.09 bits per heavy atom. The molecular weight excluding hydrogens is 272 g/mol. The zero-order valence-corrected chi connectivity index (χ0v) is 12.9. The van der Waals surface area contributed by atoms with E-state index < -0.39 is 0 Å². The molecule has 1 aromatic carbocycles. The number of ether oxygens (including phenoxy) is 1. The summed E-state index contributed by atoms with van der Waals surface area (Å²) in [5.74, 6) is 1.74. The molecule has 1 aromatic heterocycles. The van der Waals surface area contributed by atoms with Crippen LogP contribution in [0.3, 0.4) is 0 Å². The molecule has 3 aliphatic heterocycles. The minimum Gasteiger partial charge on any atom is -0.472 e. The average Bonchev–Trinajstić information content (AvgIpc) is 2.58. The summed E-state index contributed by atoms with van der Waals surface area (Å²) in [6, 6.07) is 8.50. The second kappa shape index (κ2) is 4.69. The number of hydrogen-bond donors (Lipinski definition) is 0. The Balaban J connectivity index is 1.66. The molecule has 0 radical (unpaired) electrons. The first-order chi connectivity index (χ1) is 10.9. The van der Waals surface area contributed by atoms with Gasteiger partial charge in [-0.25, -0.2) is 0 Å². The Labute approximate surface area is 131 Å². The highest BCUT2D eigenvalue weighted by Crippen LogP contribution is 2.49. The third kappa shape index (κ3) is 1.69. The fourth-order valence-corrected chi connectivity index (χ4v) is 4.94. The Bertz CT molecular complexity index is 726. The van der Waals surface area contributed by atoms with E-state index in [1.807, 2.05) is 12.3 Å². The van der Waals surface area contributed by atoms with E-state index in [0.717, 1.165) is 17.7 Å². The molecule has 4 heterocycles. The highest BCUT2D eigenvalue weighted by molar-refractivity contribution is 5.84. The summed E-state index contributed by atoms with van der Waals surface area (Å²) in [5.41, 5.74) is 2.46. The van der Waals surface area contributed by atoms with E-state index in [-0.39, 0.29) is 5.72 Å². The SMILES string of the molecule is c1cnc2ccc3c(c2c1)CC1CCCN2CCCCC12O3. The van der Waals surface area contributed by atoms with Gasteiger partial charge in [-0.15, -0.1) is 0 Å². The number of fused-ring (bicyclic) bond motifs is 3. The fourth-order valence-electron chi connectivity index (χ4n) is 4.94. The van der Waals surface area contributed by atoms with Crippen molar-refractivity contribution in [3.05, 3.63) is 36.0 Å². The van der Waals surface area contributed by atoms with Crippen LogP contribution in [0, 0.1) is 5.92 Å². The van der Waals surface area contributed by atoms with E-state index in [4.69, 9.17) is 4.74 Å². The van der Waals surface area contributed by atoms with Crippen LogP contribution in [0.2, 0.25) is 0 Å². The van der Waals surface area contributed by atoms with Crippen molar-refractivity contribution in [1.82, 2.24) is 9.88 Å². The van der Waals surface area contributed by atoms with Crippen LogP contribution in [0.1, 0.15) is 37.7 Å². The van der Waals surface area contributed by atoms with Gasteiger partial charge in [0.25, 0.3) is 0 Å². The molecule has 0 bridgehead atoms. The number of benzene rings is 1. The molecule has 2 saturated heterocycles. The Morgan fingerprint density at radius 3 is 3.09 bits per heavy atom. The van der Waals surface area contributed by atoms with Gasteiger partial charge < -0.3 is 4.74 Å². The van der Waals surface area contributed by atoms with Gasteiger partial charge in [-0.05, 0) is 50.3 Å². The molecule has 5 rings (SSSR count). The number of nitrogens with zero attached hydrogens (tertiary/aromatic N) is 2. The summed E-state index contributed by atoms with van der Waals surface area (Å²) in [4.78, 5) is 7.15. The van der Waals surface area contributed by atoms with E-state index in [9.17, 15) is 0 Å². The lowest BCUT2D eigenvalue weighted by Crippen LogP contribution is -2.64. The lowest BCUT2D eigenvalue weighted by atomic mass is 9.74. The van der Waals surface area contributed by atoms with Crippen molar-refractivity contribution in [2.75, 3.05) is 13.1 Å². The summed E-state index contributed by atoms with van der Waals surface area (Å²) in [7, 11) is 0. The van der Waals surface area contributed by atoms with Crippen LogP contribution < -0.4 is 4.74 Å². The summed E-state index contributed by atoms with van der Waals surface area (Å²) >= 11 is 0. The molecule has 2 unspecified atom stereocenters. The highest BCUT2D eigenvalue weighted by Gasteiger charge is 2.51. The van der Waals surface area contributed by atoms with Crippen LogP contribution in [0.25, 0.3) is 10.9 Å². The summed E-state index contributed by atoms with van der Waals surface area (Å²) in [6.07, 6.45) is 9.46. The third-order valence-electron chi connectivity index (χ3n) is 5.96. The van der Waals surface area contributed by atoms with Gasteiger partial charge in [0.1, 0.15) is 5.75 Å². The summed E-state index contributed by atoms with van der Waals surface area (Å²) < 4.78 is 6.73. The van der Waals surface area contributed by atoms with Crippen molar-refractivity contribution in [3.8, 4) is 5.75 Å². The molecular formula is C19H22N2O. The topological polar surface area (TPSA) is 25.4 Å². The standard InChI is InChI=1S/C19H22N2O/c1-2-11-21-12-4-5-14-13-16-15-6-3-10-20-17(15)7-8-18(16)22-19(14,21)9-1/h3,6-8,10,14H,1-2,4-5,9,11-13H2. The fraction of sp³-hybridized carbons (Fsp3) is 0.526. The van der Waals surface area contributed by atoms with E-state index in [2.05, 4.69) is 28.1 Å². The number of aromatic nitrogens is 1. The van der Waals surface area contributed by atoms with Gasteiger partial charge in [0, 0.05) is 42.6 Å². The van der Waals surface area contributed by atoms with Gasteiger partial charge in [-0.2, -0.15) is 0 Å². The average molecular weight is 294 g/mol. The Kier molecular flexibility index (Phi) is 2.75. The predicted molar refractivity (Wildman–Crippen MR) is 87.0 cm³/mol. The van der Waals surface area contributed by atoms with Crippen molar-refractivity contribution in [3.63, 3.8) is 0 Å². The number of hydrogen-bond acceptors (Lipinski definition) is 3. The molecule has 0 N–H and O–H groups in total. The maximum Gasteiger partial charge on any atom is 0.166 e. The predicted octanol–water partition coefficient (Wildman–Crippen LogP) is 3.76.